The van der Waals surface area contributed by atoms with Gasteiger partial charge >= 0.3 is 0 Å². The molecule has 0 radical (unpaired) electrons. The van der Waals surface area contributed by atoms with Crippen LogP contribution < -0.4 is 0 Å². The van der Waals surface area contributed by atoms with Gasteiger partial charge in [-0.2, -0.15) is 0 Å². The molecule has 0 aromatic carbocycles. The third-order valence-corrected chi connectivity index (χ3v) is 4.58. The summed E-state index contributed by atoms with van der Waals surface area (Å²) < 4.78 is 0. The minimum Gasteiger partial charge on any atom is -0.393 e. The molecular weight excluding hydrogens is 224 g/mol. The van der Waals surface area contributed by atoms with E-state index in [4.69, 9.17) is 0 Å². The zero-order valence-electron chi connectivity index (χ0n) is 13.2. The smallest absolute Gasteiger partial charge is 0.0600 e. The fraction of sp³-hybridized carbons (Fsp3) is 1.00. The molecule has 0 amide bonds. The quantitative estimate of drug-likeness (QED) is 0.789. The predicted octanol–water partition coefficient (Wildman–Crippen LogP) is 2.20. The van der Waals surface area contributed by atoms with Gasteiger partial charge < -0.3 is 14.9 Å². The molecule has 0 aromatic heterocycles. The van der Waals surface area contributed by atoms with E-state index in [1.807, 2.05) is 0 Å². The van der Waals surface area contributed by atoms with Gasteiger partial charge in [0.1, 0.15) is 0 Å². The highest BCUT2D eigenvalue weighted by Crippen LogP contribution is 2.36. The van der Waals surface area contributed by atoms with Gasteiger partial charge in [-0.3, -0.25) is 0 Å². The minimum absolute atomic E-state index is 0.00343. The minimum atomic E-state index is -0.211. The second-order valence-corrected chi connectivity index (χ2v) is 7.38. The van der Waals surface area contributed by atoms with E-state index in [9.17, 15) is 5.11 Å². The van der Waals surface area contributed by atoms with Crippen molar-refractivity contribution in [3.8, 4) is 0 Å². The normalized spacial score (nSPS) is 21.2. The number of rotatable bonds is 6. The molecule has 0 aliphatic heterocycles. The van der Waals surface area contributed by atoms with Crippen molar-refractivity contribution in [2.75, 3.05) is 34.2 Å². The van der Waals surface area contributed by atoms with Crippen LogP contribution in [-0.2, 0) is 0 Å². The molecule has 0 spiro atoms. The second-order valence-electron chi connectivity index (χ2n) is 7.38. The predicted molar refractivity (Wildman–Crippen MR) is 77.8 cm³/mol. The summed E-state index contributed by atoms with van der Waals surface area (Å²) in [6.45, 7) is 8.41. The highest BCUT2D eigenvalue weighted by molar-refractivity contribution is 4.97. The van der Waals surface area contributed by atoms with Crippen LogP contribution in [0.15, 0.2) is 0 Å². The largest absolute Gasteiger partial charge is 0.393 e. The monoisotopic (exact) mass is 256 g/mol. The molecule has 1 aliphatic carbocycles. The van der Waals surface area contributed by atoms with Crippen LogP contribution in [0.4, 0.5) is 0 Å². The lowest BCUT2D eigenvalue weighted by atomic mass is 9.75. The molecule has 1 unspecified atom stereocenters. The Balaban J connectivity index is 2.36. The van der Waals surface area contributed by atoms with E-state index in [2.05, 4.69) is 51.7 Å². The van der Waals surface area contributed by atoms with Gasteiger partial charge in [0.15, 0.2) is 0 Å². The van der Waals surface area contributed by atoms with Crippen LogP contribution in [0, 0.1) is 5.41 Å². The molecule has 0 bridgehead atoms. The molecule has 0 saturated heterocycles. The first-order chi connectivity index (χ1) is 8.17. The highest BCUT2D eigenvalue weighted by Gasteiger charge is 2.39. The molecule has 18 heavy (non-hydrogen) atoms. The summed E-state index contributed by atoms with van der Waals surface area (Å²) in [7, 11) is 6.56. The van der Waals surface area contributed by atoms with E-state index in [0.717, 1.165) is 19.5 Å². The molecule has 1 aliphatic rings. The summed E-state index contributed by atoms with van der Waals surface area (Å²) in [6.07, 6.45) is 4.63. The molecule has 0 heterocycles. The van der Waals surface area contributed by atoms with E-state index in [1.165, 1.54) is 19.3 Å². The molecule has 1 rings (SSSR count). The molecule has 3 heteroatoms. The van der Waals surface area contributed by atoms with Crippen molar-refractivity contribution >= 4 is 0 Å². The number of likely N-dealkylation sites (N-methyl/N-ethyl adjacent to an activating group) is 2. The maximum absolute atomic E-state index is 10.1. The maximum atomic E-state index is 10.1. The van der Waals surface area contributed by atoms with Crippen molar-refractivity contribution in [1.82, 2.24) is 9.80 Å². The van der Waals surface area contributed by atoms with Crippen LogP contribution in [0.2, 0.25) is 0 Å². The summed E-state index contributed by atoms with van der Waals surface area (Å²) in [5, 5.41) is 10.1. The Morgan fingerprint density at radius 3 is 2.06 bits per heavy atom. The topological polar surface area (TPSA) is 26.7 Å². The van der Waals surface area contributed by atoms with Gasteiger partial charge in [0.05, 0.1) is 6.10 Å². The molecule has 108 valence electrons. The fourth-order valence-electron chi connectivity index (χ4n) is 2.69. The second kappa shape index (κ2) is 5.89. The number of nitrogens with zero attached hydrogens (tertiary/aromatic N) is 2. The summed E-state index contributed by atoms with van der Waals surface area (Å²) in [6, 6.07) is 0. The first-order valence-corrected chi connectivity index (χ1v) is 7.21. The standard InChI is InChI=1S/C15H32N2O/c1-14(2,3)13(18)8-11-17(6)12-15(16(4)5)9-7-10-15/h13,18H,7-12H2,1-6H3. The third kappa shape index (κ3) is 3.94. The van der Waals surface area contributed by atoms with Crippen LogP contribution >= 0.6 is 0 Å². The molecular formula is C15H32N2O. The fourth-order valence-corrected chi connectivity index (χ4v) is 2.69. The van der Waals surface area contributed by atoms with E-state index in [1.54, 1.807) is 0 Å². The lowest BCUT2D eigenvalue weighted by Gasteiger charge is -2.49. The van der Waals surface area contributed by atoms with Crippen LogP contribution in [0.3, 0.4) is 0 Å². The zero-order valence-corrected chi connectivity index (χ0v) is 13.2. The van der Waals surface area contributed by atoms with E-state index < -0.39 is 0 Å². The highest BCUT2D eigenvalue weighted by atomic mass is 16.3. The Morgan fingerprint density at radius 1 is 1.17 bits per heavy atom. The third-order valence-electron chi connectivity index (χ3n) is 4.58. The molecule has 1 N–H and O–H groups in total. The lowest BCUT2D eigenvalue weighted by molar-refractivity contribution is 0.0135. The molecule has 0 aromatic rings. The van der Waals surface area contributed by atoms with Crippen molar-refractivity contribution in [2.24, 2.45) is 5.41 Å². The van der Waals surface area contributed by atoms with Crippen molar-refractivity contribution in [3.63, 3.8) is 0 Å². The SMILES string of the molecule is CN(CCC(O)C(C)(C)C)CC1(N(C)C)CCC1. The Hall–Kier alpha value is -0.120. The van der Waals surface area contributed by atoms with Crippen molar-refractivity contribution in [2.45, 2.75) is 58.1 Å². The number of hydrogen-bond donors (Lipinski definition) is 1. The van der Waals surface area contributed by atoms with E-state index in [-0.39, 0.29) is 11.5 Å². The molecule has 3 nitrogen and oxygen atoms in total. The van der Waals surface area contributed by atoms with Crippen LogP contribution in [0.1, 0.15) is 46.5 Å². The Bertz CT molecular complexity index is 254. The summed E-state index contributed by atoms with van der Waals surface area (Å²) in [5.41, 5.74) is 0.387. The van der Waals surface area contributed by atoms with Crippen LogP contribution in [0.5, 0.6) is 0 Å². The Morgan fingerprint density at radius 2 is 1.72 bits per heavy atom. The zero-order chi connectivity index (χ0) is 14.0. The number of hydrogen-bond acceptors (Lipinski definition) is 3. The molecule has 1 saturated carbocycles. The van der Waals surface area contributed by atoms with Gasteiger partial charge in [-0.25, -0.2) is 0 Å². The van der Waals surface area contributed by atoms with Gasteiger partial charge in [0, 0.05) is 18.6 Å². The summed E-state index contributed by atoms with van der Waals surface area (Å²) in [4.78, 5) is 4.77. The Kier molecular flexibility index (Phi) is 5.22. The number of aliphatic hydroxyl groups excluding tert-OH is 1. The van der Waals surface area contributed by atoms with E-state index >= 15 is 0 Å². The maximum Gasteiger partial charge on any atom is 0.0600 e. The average molecular weight is 256 g/mol. The van der Waals surface area contributed by atoms with Gasteiger partial charge in [0.25, 0.3) is 0 Å². The average Bonchev–Trinajstić information content (AvgIpc) is 2.17. The van der Waals surface area contributed by atoms with Crippen molar-refractivity contribution < 1.29 is 5.11 Å². The first-order valence-electron chi connectivity index (χ1n) is 7.21. The summed E-state index contributed by atoms with van der Waals surface area (Å²) in [5.74, 6) is 0. The first kappa shape index (κ1) is 15.9. The van der Waals surface area contributed by atoms with E-state index in [0.29, 0.717) is 5.54 Å². The van der Waals surface area contributed by atoms with Gasteiger partial charge in [-0.15, -0.1) is 0 Å². The van der Waals surface area contributed by atoms with Crippen LogP contribution in [0.25, 0.3) is 0 Å². The van der Waals surface area contributed by atoms with Gasteiger partial charge in [-0.05, 0) is 52.2 Å². The van der Waals surface area contributed by atoms with Crippen molar-refractivity contribution in [1.29, 1.82) is 0 Å². The number of aliphatic hydroxyl groups is 1. The Labute approximate surface area is 113 Å². The van der Waals surface area contributed by atoms with Crippen molar-refractivity contribution in [3.05, 3.63) is 0 Å². The summed E-state index contributed by atoms with van der Waals surface area (Å²) >= 11 is 0. The molecule has 1 atom stereocenters. The van der Waals surface area contributed by atoms with Gasteiger partial charge in [0.2, 0.25) is 0 Å². The van der Waals surface area contributed by atoms with Gasteiger partial charge in [-0.1, -0.05) is 20.8 Å². The molecule has 1 fully saturated rings. The van der Waals surface area contributed by atoms with Crippen LogP contribution in [-0.4, -0.2) is 60.8 Å². The lowest BCUT2D eigenvalue weighted by Crippen LogP contribution is -2.56.